The number of hydrogen-bond acceptors (Lipinski definition) is 4. The zero-order valence-corrected chi connectivity index (χ0v) is 9.54. The molecule has 0 atom stereocenters. The summed E-state index contributed by atoms with van der Waals surface area (Å²) in [6.07, 6.45) is 0. The van der Waals surface area contributed by atoms with Crippen LogP contribution in [0, 0.1) is 10.8 Å². The van der Waals surface area contributed by atoms with Crippen molar-refractivity contribution in [1.82, 2.24) is 0 Å². The van der Waals surface area contributed by atoms with Crippen LogP contribution in [0.15, 0.2) is 0 Å². The molecule has 0 spiro atoms. The van der Waals surface area contributed by atoms with Gasteiger partial charge in [-0.2, -0.15) is 0 Å². The van der Waals surface area contributed by atoms with E-state index in [2.05, 4.69) is 0 Å². The van der Waals surface area contributed by atoms with Gasteiger partial charge in [-0.3, -0.25) is 0 Å². The predicted octanol–water partition coefficient (Wildman–Crippen LogP) is 0.972. The molecule has 0 aliphatic carbocycles. The average Bonchev–Trinajstić information content (AvgIpc) is 2.13. The maximum absolute atomic E-state index is 8.92. The van der Waals surface area contributed by atoms with Crippen LogP contribution in [0.4, 0.5) is 0 Å². The summed E-state index contributed by atoms with van der Waals surface area (Å²) in [4.78, 5) is 9.91. The highest BCUT2D eigenvalue weighted by Crippen LogP contribution is 2.16. The first-order valence-corrected chi connectivity index (χ1v) is 4.79. The van der Waals surface area contributed by atoms with Crippen molar-refractivity contribution in [2.75, 3.05) is 26.4 Å². The topological polar surface area (TPSA) is 58.9 Å². The van der Waals surface area contributed by atoms with E-state index >= 15 is 0 Å². The molecule has 0 aliphatic heterocycles. The molecule has 0 rings (SSSR count). The van der Waals surface area contributed by atoms with Gasteiger partial charge in [-0.25, -0.2) is 9.78 Å². The summed E-state index contributed by atoms with van der Waals surface area (Å²) in [6.45, 7) is 8.32. The van der Waals surface area contributed by atoms with Crippen LogP contribution in [0.1, 0.15) is 27.7 Å². The molecule has 0 aromatic heterocycles. The number of rotatable bonds is 7. The van der Waals surface area contributed by atoms with Crippen molar-refractivity contribution in [3.8, 4) is 0 Å². The van der Waals surface area contributed by atoms with Gasteiger partial charge in [0.25, 0.3) is 0 Å². The van der Waals surface area contributed by atoms with Gasteiger partial charge >= 0.3 is 0 Å². The first-order valence-electron chi connectivity index (χ1n) is 4.79. The third-order valence-electron chi connectivity index (χ3n) is 1.84. The first kappa shape index (κ1) is 13.8. The second kappa shape index (κ2) is 5.66. The molecular weight excluding hydrogens is 184 g/mol. The monoisotopic (exact) mass is 206 g/mol. The Hall–Kier alpha value is -0.160. The molecule has 4 nitrogen and oxygen atoms in total. The van der Waals surface area contributed by atoms with Crippen molar-refractivity contribution in [1.29, 1.82) is 0 Å². The van der Waals surface area contributed by atoms with E-state index in [0.717, 1.165) is 0 Å². The summed E-state index contributed by atoms with van der Waals surface area (Å²) in [5.74, 6) is 0. The predicted molar refractivity (Wildman–Crippen MR) is 53.6 cm³/mol. The van der Waals surface area contributed by atoms with Gasteiger partial charge < -0.3 is 10.2 Å². The summed E-state index contributed by atoms with van der Waals surface area (Å²) < 4.78 is 0. The van der Waals surface area contributed by atoms with Crippen LogP contribution in [-0.4, -0.2) is 36.6 Å². The lowest BCUT2D eigenvalue weighted by Gasteiger charge is -2.23. The smallest absolute Gasteiger partial charge is 0.0895 e. The Morgan fingerprint density at radius 1 is 0.786 bits per heavy atom. The Morgan fingerprint density at radius 2 is 1.07 bits per heavy atom. The minimum Gasteiger partial charge on any atom is -0.396 e. The van der Waals surface area contributed by atoms with Gasteiger partial charge in [0.05, 0.1) is 26.4 Å². The molecule has 0 bridgehead atoms. The van der Waals surface area contributed by atoms with Crippen molar-refractivity contribution in [2.24, 2.45) is 10.8 Å². The van der Waals surface area contributed by atoms with Crippen molar-refractivity contribution in [3.05, 3.63) is 0 Å². The Morgan fingerprint density at radius 3 is 1.29 bits per heavy atom. The fourth-order valence-corrected chi connectivity index (χ4v) is 0.494. The third-order valence-corrected chi connectivity index (χ3v) is 1.84. The van der Waals surface area contributed by atoms with E-state index < -0.39 is 0 Å². The van der Waals surface area contributed by atoms with Gasteiger partial charge in [-0.15, -0.1) is 0 Å². The van der Waals surface area contributed by atoms with Crippen LogP contribution >= 0.6 is 0 Å². The molecule has 0 aliphatic rings. The highest BCUT2D eigenvalue weighted by atomic mass is 17.2. The normalized spacial score (nSPS) is 13.3. The molecular formula is C10H22O4. The fraction of sp³-hybridized carbons (Fsp3) is 1.00. The zero-order valence-electron chi connectivity index (χ0n) is 9.54. The lowest BCUT2D eigenvalue weighted by molar-refractivity contribution is -0.323. The van der Waals surface area contributed by atoms with Crippen LogP contribution in [0.25, 0.3) is 0 Å². The largest absolute Gasteiger partial charge is 0.396 e. The molecule has 0 radical (unpaired) electrons. The minimum atomic E-state index is -0.288. The fourth-order valence-electron chi connectivity index (χ4n) is 0.494. The van der Waals surface area contributed by atoms with Gasteiger partial charge in [0.2, 0.25) is 0 Å². The molecule has 0 amide bonds. The van der Waals surface area contributed by atoms with Crippen molar-refractivity contribution < 1.29 is 20.0 Å². The van der Waals surface area contributed by atoms with Gasteiger partial charge in [0.15, 0.2) is 0 Å². The Kier molecular flexibility index (Phi) is 5.59. The van der Waals surface area contributed by atoms with Crippen LogP contribution in [-0.2, 0) is 9.78 Å². The maximum Gasteiger partial charge on any atom is 0.0895 e. The van der Waals surface area contributed by atoms with Crippen molar-refractivity contribution >= 4 is 0 Å². The Balaban J connectivity index is 3.57. The molecule has 14 heavy (non-hydrogen) atoms. The summed E-state index contributed by atoms with van der Waals surface area (Å²) >= 11 is 0. The average molecular weight is 206 g/mol. The highest BCUT2D eigenvalue weighted by Gasteiger charge is 2.20. The number of hydrogen-bond donors (Lipinski definition) is 2. The first-order chi connectivity index (χ1) is 6.33. The van der Waals surface area contributed by atoms with Gasteiger partial charge in [-0.1, -0.05) is 27.7 Å². The minimum absolute atomic E-state index is 0.0553. The van der Waals surface area contributed by atoms with Crippen LogP contribution in [0.3, 0.4) is 0 Å². The van der Waals surface area contributed by atoms with E-state index in [9.17, 15) is 0 Å². The lowest BCUT2D eigenvalue weighted by Crippen LogP contribution is -2.27. The zero-order chi connectivity index (χ0) is 11.2. The second-order valence-electron chi connectivity index (χ2n) is 5.17. The maximum atomic E-state index is 8.92. The molecule has 0 aromatic rings. The molecule has 4 heteroatoms. The van der Waals surface area contributed by atoms with E-state index in [0.29, 0.717) is 13.2 Å². The Bertz CT molecular complexity index is 136. The molecule has 0 heterocycles. The molecule has 0 aromatic carbocycles. The van der Waals surface area contributed by atoms with Gasteiger partial charge in [-0.05, 0) is 0 Å². The number of aliphatic hydroxyl groups is 2. The second-order valence-corrected chi connectivity index (χ2v) is 5.17. The van der Waals surface area contributed by atoms with E-state index in [-0.39, 0.29) is 24.0 Å². The summed E-state index contributed by atoms with van der Waals surface area (Å²) in [5.41, 5.74) is -0.577. The van der Waals surface area contributed by atoms with E-state index in [1.165, 1.54) is 0 Å². The number of aliphatic hydroxyl groups excluding tert-OH is 2. The SMILES string of the molecule is CC(C)(CO)COOCC(C)(C)CO. The summed E-state index contributed by atoms with van der Waals surface area (Å²) in [6, 6.07) is 0. The van der Waals surface area contributed by atoms with Gasteiger partial charge in [0, 0.05) is 10.8 Å². The molecule has 2 N–H and O–H groups in total. The highest BCUT2D eigenvalue weighted by molar-refractivity contribution is 4.65. The molecule has 0 unspecified atom stereocenters. The van der Waals surface area contributed by atoms with Gasteiger partial charge in [0.1, 0.15) is 0 Å². The van der Waals surface area contributed by atoms with Crippen molar-refractivity contribution in [2.45, 2.75) is 27.7 Å². The standard InChI is InChI=1S/C10H22O4/c1-9(2,5-11)7-13-14-8-10(3,4)6-12/h11-12H,5-8H2,1-4H3. The lowest BCUT2D eigenvalue weighted by atomic mass is 9.96. The summed E-state index contributed by atoms with van der Waals surface area (Å²) in [5, 5.41) is 17.8. The molecule has 86 valence electrons. The third kappa shape index (κ3) is 6.32. The summed E-state index contributed by atoms with van der Waals surface area (Å²) in [7, 11) is 0. The van der Waals surface area contributed by atoms with Crippen molar-refractivity contribution in [3.63, 3.8) is 0 Å². The molecule has 0 saturated heterocycles. The van der Waals surface area contributed by atoms with E-state index in [4.69, 9.17) is 20.0 Å². The van der Waals surface area contributed by atoms with E-state index in [1.54, 1.807) is 0 Å². The quantitative estimate of drug-likeness (QED) is 0.370. The van der Waals surface area contributed by atoms with Crippen LogP contribution in [0.5, 0.6) is 0 Å². The Labute approximate surface area is 85.8 Å². The van der Waals surface area contributed by atoms with Crippen LogP contribution in [0.2, 0.25) is 0 Å². The molecule has 0 fully saturated rings. The molecule has 0 saturated carbocycles. The van der Waals surface area contributed by atoms with Crippen LogP contribution < -0.4 is 0 Å². The van der Waals surface area contributed by atoms with E-state index in [1.807, 2.05) is 27.7 Å².